The monoisotopic (exact) mass is 217 g/mol. The summed E-state index contributed by atoms with van der Waals surface area (Å²) in [5, 5.41) is 8.94. The van der Waals surface area contributed by atoms with Crippen LogP contribution < -0.4 is 0 Å². The van der Waals surface area contributed by atoms with Crippen LogP contribution in [0.5, 0.6) is 0 Å². The lowest BCUT2D eigenvalue weighted by atomic mass is 10.1. The van der Waals surface area contributed by atoms with E-state index in [1.54, 1.807) is 0 Å². The Hall–Kier alpha value is -0.450. The van der Waals surface area contributed by atoms with Gasteiger partial charge in [0.05, 0.1) is 13.2 Å². The Morgan fingerprint density at radius 1 is 1.40 bits per heavy atom. The van der Waals surface area contributed by atoms with Crippen LogP contribution in [0.3, 0.4) is 0 Å². The molecule has 0 aliphatic heterocycles. The van der Waals surface area contributed by atoms with Gasteiger partial charge in [-0.25, -0.2) is 0 Å². The highest BCUT2D eigenvalue weighted by Gasteiger charge is 2.17. The van der Waals surface area contributed by atoms with Crippen molar-refractivity contribution in [1.29, 1.82) is 0 Å². The van der Waals surface area contributed by atoms with E-state index in [2.05, 4.69) is 13.8 Å². The smallest absolute Gasteiger partial charge is 0.172 e. The molecule has 0 aliphatic rings. The molecule has 15 heavy (non-hydrogen) atoms. The van der Waals surface area contributed by atoms with Crippen LogP contribution in [0.1, 0.15) is 26.7 Å². The molecular formula is C11H23NO3. The lowest BCUT2D eigenvalue weighted by Crippen LogP contribution is -2.41. The third-order valence-electron chi connectivity index (χ3n) is 2.53. The minimum absolute atomic E-state index is 0.0675. The van der Waals surface area contributed by atoms with Gasteiger partial charge in [-0.1, -0.05) is 13.8 Å². The SMILES string of the molecule is CCC(CC)N(CCO)CC(=O)COC. The highest BCUT2D eigenvalue weighted by Crippen LogP contribution is 2.07. The summed E-state index contributed by atoms with van der Waals surface area (Å²) in [5.41, 5.74) is 0. The van der Waals surface area contributed by atoms with Crippen LogP contribution in [-0.2, 0) is 9.53 Å². The number of aliphatic hydroxyl groups excluding tert-OH is 1. The summed E-state index contributed by atoms with van der Waals surface area (Å²) >= 11 is 0. The van der Waals surface area contributed by atoms with Gasteiger partial charge < -0.3 is 9.84 Å². The Labute approximate surface area is 92.2 Å². The zero-order valence-corrected chi connectivity index (χ0v) is 10.0. The maximum Gasteiger partial charge on any atom is 0.172 e. The minimum atomic E-state index is 0.0675. The zero-order chi connectivity index (χ0) is 11.7. The minimum Gasteiger partial charge on any atom is -0.395 e. The maximum atomic E-state index is 11.4. The third-order valence-corrected chi connectivity index (χ3v) is 2.53. The van der Waals surface area contributed by atoms with E-state index >= 15 is 0 Å². The molecule has 4 nitrogen and oxygen atoms in total. The van der Waals surface area contributed by atoms with Gasteiger partial charge in [0.25, 0.3) is 0 Å². The van der Waals surface area contributed by atoms with Gasteiger partial charge >= 0.3 is 0 Å². The van der Waals surface area contributed by atoms with Gasteiger partial charge in [-0.3, -0.25) is 9.69 Å². The van der Waals surface area contributed by atoms with Crippen LogP contribution in [0.4, 0.5) is 0 Å². The van der Waals surface area contributed by atoms with Gasteiger partial charge in [-0.05, 0) is 12.8 Å². The second-order valence-electron chi connectivity index (χ2n) is 3.64. The molecule has 0 heterocycles. The van der Waals surface area contributed by atoms with E-state index in [0.29, 0.717) is 19.1 Å². The van der Waals surface area contributed by atoms with Gasteiger partial charge in [0, 0.05) is 19.7 Å². The Morgan fingerprint density at radius 2 is 2.00 bits per heavy atom. The number of rotatable bonds is 9. The van der Waals surface area contributed by atoms with E-state index in [0.717, 1.165) is 12.8 Å². The molecule has 0 aromatic carbocycles. The van der Waals surface area contributed by atoms with Crippen LogP contribution in [-0.4, -0.2) is 55.2 Å². The normalized spacial score (nSPS) is 11.3. The summed E-state index contributed by atoms with van der Waals surface area (Å²) in [4.78, 5) is 13.4. The topological polar surface area (TPSA) is 49.8 Å². The number of ketones is 1. The molecular weight excluding hydrogens is 194 g/mol. The first-order valence-electron chi connectivity index (χ1n) is 5.55. The first-order valence-corrected chi connectivity index (χ1v) is 5.55. The largest absolute Gasteiger partial charge is 0.395 e. The maximum absolute atomic E-state index is 11.4. The summed E-state index contributed by atoms with van der Waals surface area (Å²) in [7, 11) is 1.52. The summed E-state index contributed by atoms with van der Waals surface area (Å²) in [6, 6.07) is 0.373. The van der Waals surface area contributed by atoms with Crippen molar-refractivity contribution < 1.29 is 14.6 Å². The first-order chi connectivity index (χ1) is 7.19. The molecule has 0 atom stereocenters. The van der Waals surface area contributed by atoms with Crippen molar-refractivity contribution in [2.24, 2.45) is 0 Å². The van der Waals surface area contributed by atoms with Crippen LogP contribution in [0.15, 0.2) is 0 Å². The molecule has 4 heteroatoms. The van der Waals surface area contributed by atoms with E-state index in [9.17, 15) is 4.79 Å². The lowest BCUT2D eigenvalue weighted by molar-refractivity contribution is -0.124. The summed E-state index contributed by atoms with van der Waals surface area (Å²) < 4.78 is 4.79. The van der Waals surface area contributed by atoms with Gasteiger partial charge in [0.15, 0.2) is 5.78 Å². The number of Topliss-reactive ketones (excluding diaryl/α,β-unsaturated/α-hetero) is 1. The predicted molar refractivity (Wildman–Crippen MR) is 59.9 cm³/mol. The number of hydrogen-bond acceptors (Lipinski definition) is 4. The van der Waals surface area contributed by atoms with Crippen molar-refractivity contribution in [2.45, 2.75) is 32.7 Å². The van der Waals surface area contributed by atoms with E-state index in [1.165, 1.54) is 7.11 Å². The molecule has 0 aromatic rings. The van der Waals surface area contributed by atoms with Crippen LogP contribution in [0, 0.1) is 0 Å². The molecule has 0 fully saturated rings. The van der Waals surface area contributed by atoms with E-state index < -0.39 is 0 Å². The third kappa shape index (κ3) is 5.87. The van der Waals surface area contributed by atoms with Gasteiger partial charge in [-0.15, -0.1) is 0 Å². The van der Waals surface area contributed by atoms with Crippen LogP contribution in [0.25, 0.3) is 0 Å². The molecule has 0 spiro atoms. The highest BCUT2D eigenvalue weighted by molar-refractivity contribution is 5.81. The van der Waals surface area contributed by atoms with Crippen molar-refractivity contribution >= 4 is 5.78 Å². The molecule has 0 amide bonds. The summed E-state index contributed by atoms with van der Waals surface area (Å²) in [6.45, 7) is 5.38. The van der Waals surface area contributed by atoms with Crippen LogP contribution in [0.2, 0.25) is 0 Å². The Bertz CT molecular complexity index is 169. The van der Waals surface area contributed by atoms with Crippen molar-refractivity contribution in [3.05, 3.63) is 0 Å². The number of carbonyl (C=O) groups is 1. The molecule has 0 bridgehead atoms. The molecule has 0 unspecified atom stereocenters. The van der Waals surface area contributed by atoms with Gasteiger partial charge in [-0.2, -0.15) is 0 Å². The number of ether oxygens (including phenoxy) is 1. The number of methoxy groups -OCH3 is 1. The highest BCUT2D eigenvalue weighted by atomic mass is 16.5. The summed E-state index contributed by atoms with van der Waals surface area (Å²) in [6.07, 6.45) is 1.99. The molecule has 0 rings (SSSR count). The van der Waals surface area contributed by atoms with Crippen molar-refractivity contribution in [2.75, 3.05) is 33.4 Å². The quantitative estimate of drug-likeness (QED) is 0.617. The molecule has 90 valence electrons. The standard InChI is InChI=1S/C11H23NO3/c1-4-10(5-2)12(6-7-13)8-11(14)9-15-3/h10,13H,4-9H2,1-3H3. The second-order valence-corrected chi connectivity index (χ2v) is 3.64. The van der Waals surface area contributed by atoms with Crippen molar-refractivity contribution in [1.82, 2.24) is 4.90 Å². The van der Waals surface area contributed by atoms with Gasteiger partial charge in [0.1, 0.15) is 6.61 Å². The molecule has 0 saturated carbocycles. The summed E-state index contributed by atoms with van der Waals surface area (Å²) in [5.74, 6) is 0.0675. The van der Waals surface area contributed by atoms with Crippen molar-refractivity contribution in [3.63, 3.8) is 0 Å². The second kappa shape index (κ2) is 8.83. The number of carbonyl (C=O) groups excluding carboxylic acids is 1. The van der Waals surface area contributed by atoms with E-state index in [-0.39, 0.29) is 19.0 Å². The number of hydrogen-bond donors (Lipinski definition) is 1. The molecule has 0 saturated heterocycles. The Balaban J connectivity index is 4.18. The molecule has 1 N–H and O–H groups in total. The van der Waals surface area contributed by atoms with E-state index in [4.69, 9.17) is 9.84 Å². The lowest BCUT2D eigenvalue weighted by Gasteiger charge is -2.28. The van der Waals surface area contributed by atoms with Crippen molar-refractivity contribution in [3.8, 4) is 0 Å². The number of aliphatic hydroxyl groups is 1. The molecule has 0 aliphatic carbocycles. The predicted octanol–water partition coefficient (Wildman–Crippen LogP) is 0.685. The Kier molecular flexibility index (Phi) is 8.56. The Morgan fingerprint density at radius 3 is 2.40 bits per heavy atom. The average Bonchev–Trinajstić information content (AvgIpc) is 2.20. The fourth-order valence-corrected chi connectivity index (χ4v) is 1.76. The fraction of sp³-hybridized carbons (Fsp3) is 0.909. The van der Waals surface area contributed by atoms with Crippen LogP contribution >= 0.6 is 0 Å². The number of nitrogens with zero attached hydrogens (tertiary/aromatic N) is 1. The zero-order valence-electron chi connectivity index (χ0n) is 10.0. The average molecular weight is 217 g/mol. The molecule has 0 aromatic heterocycles. The molecule has 0 radical (unpaired) electrons. The van der Waals surface area contributed by atoms with E-state index in [1.807, 2.05) is 4.90 Å². The fourth-order valence-electron chi connectivity index (χ4n) is 1.76. The van der Waals surface area contributed by atoms with Gasteiger partial charge in [0.2, 0.25) is 0 Å². The first kappa shape index (κ1) is 14.6.